The summed E-state index contributed by atoms with van der Waals surface area (Å²) in [5.41, 5.74) is 1.72. The molecule has 24 heavy (non-hydrogen) atoms. The Labute approximate surface area is 143 Å². The molecule has 6 heteroatoms. The molecule has 0 spiro atoms. The van der Waals surface area contributed by atoms with Crippen molar-refractivity contribution >= 4 is 23.3 Å². The van der Waals surface area contributed by atoms with Gasteiger partial charge in [-0.1, -0.05) is 11.6 Å². The van der Waals surface area contributed by atoms with Crippen molar-refractivity contribution < 1.29 is 14.0 Å². The predicted molar refractivity (Wildman–Crippen MR) is 91.1 cm³/mol. The number of hydrogen-bond donors (Lipinski definition) is 2. The third-order valence-electron chi connectivity index (χ3n) is 3.55. The van der Waals surface area contributed by atoms with Crippen molar-refractivity contribution in [1.29, 1.82) is 0 Å². The van der Waals surface area contributed by atoms with Crippen LogP contribution in [-0.2, 0) is 6.54 Å². The summed E-state index contributed by atoms with van der Waals surface area (Å²) in [6, 6.07) is 12.5. The van der Waals surface area contributed by atoms with Crippen LogP contribution in [-0.4, -0.2) is 16.7 Å². The van der Waals surface area contributed by atoms with Crippen LogP contribution in [0.3, 0.4) is 0 Å². The van der Waals surface area contributed by atoms with Gasteiger partial charge in [0.05, 0.1) is 6.54 Å². The summed E-state index contributed by atoms with van der Waals surface area (Å²) in [4.78, 5) is 26.1. The minimum atomic E-state index is -0.299. The monoisotopic (exact) mass is 342 g/mol. The lowest BCUT2D eigenvalue weighted by Gasteiger charge is -2.01. The van der Waals surface area contributed by atoms with Crippen LogP contribution >= 0.6 is 11.6 Å². The maximum atomic E-state index is 12.1. The van der Waals surface area contributed by atoms with Crippen molar-refractivity contribution in [3.63, 3.8) is 0 Å². The van der Waals surface area contributed by atoms with E-state index >= 15 is 0 Å². The molecule has 2 N–H and O–H groups in total. The smallest absolute Gasteiger partial charge is 0.268 e. The van der Waals surface area contributed by atoms with Crippen LogP contribution in [0.2, 0.25) is 5.02 Å². The van der Waals surface area contributed by atoms with E-state index in [2.05, 4.69) is 10.3 Å². The van der Waals surface area contributed by atoms with E-state index in [1.54, 1.807) is 18.2 Å². The highest BCUT2D eigenvalue weighted by atomic mass is 35.5. The summed E-state index contributed by atoms with van der Waals surface area (Å²) in [7, 11) is 0. The Morgan fingerprint density at radius 3 is 2.58 bits per heavy atom. The van der Waals surface area contributed by atoms with Crippen LogP contribution in [0.1, 0.15) is 33.5 Å². The number of H-pyrrole nitrogens is 1. The fraction of sp³-hybridized carbons (Fsp3) is 0.111. The Balaban J connectivity index is 1.63. The molecule has 1 amide bonds. The number of nitrogens with one attached hydrogen (secondary N) is 2. The van der Waals surface area contributed by atoms with Crippen molar-refractivity contribution in [2.45, 2.75) is 13.5 Å². The van der Waals surface area contributed by atoms with E-state index in [0.29, 0.717) is 27.8 Å². The van der Waals surface area contributed by atoms with E-state index in [4.69, 9.17) is 16.0 Å². The van der Waals surface area contributed by atoms with E-state index in [1.165, 1.54) is 19.2 Å². The van der Waals surface area contributed by atoms with Gasteiger partial charge in [-0.05, 0) is 49.4 Å². The van der Waals surface area contributed by atoms with E-state index in [-0.39, 0.29) is 18.2 Å². The van der Waals surface area contributed by atoms with E-state index in [9.17, 15) is 9.59 Å². The van der Waals surface area contributed by atoms with Gasteiger partial charge in [0.15, 0.2) is 5.78 Å². The van der Waals surface area contributed by atoms with Crippen LogP contribution < -0.4 is 5.32 Å². The molecular weight excluding hydrogens is 328 g/mol. The van der Waals surface area contributed by atoms with E-state index in [0.717, 1.165) is 5.56 Å². The van der Waals surface area contributed by atoms with Crippen molar-refractivity contribution in [3.05, 3.63) is 70.7 Å². The lowest BCUT2D eigenvalue weighted by atomic mass is 10.2. The quantitative estimate of drug-likeness (QED) is 0.686. The third-order valence-corrected chi connectivity index (χ3v) is 3.80. The Hall–Kier alpha value is -2.79. The van der Waals surface area contributed by atoms with Gasteiger partial charge in [0.2, 0.25) is 0 Å². The summed E-state index contributed by atoms with van der Waals surface area (Å²) in [6.07, 6.45) is 1.52. The van der Waals surface area contributed by atoms with Gasteiger partial charge in [0.1, 0.15) is 17.2 Å². The summed E-state index contributed by atoms with van der Waals surface area (Å²) in [5.74, 6) is 0.942. The van der Waals surface area contributed by atoms with Gasteiger partial charge < -0.3 is 14.7 Å². The minimum absolute atomic E-state index is 0.0936. The van der Waals surface area contributed by atoms with Gasteiger partial charge in [0.25, 0.3) is 5.91 Å². The molecule has 0 fully saturated rings. The molecule has 0 aliphatic heterocycles. The molecule has 0 bridgehead atoms. The molecule has 0 aliphatic rings. The molecular formula is C18H15ClN2O3. The fourth-order valence-corrected chi connectivity index (χ4v) is 2.36. The molecule has 5 nitrogen and oxygen atoms in total. The first-order valence-electron chi connectivity index (χ1n) is 7.35. The first-order valence-corrected chi connectivity index (χ1v) is 7.73. The van der Waals surface area contributed by atoms with Crippen LogP contribution in [0.15, 0.2) is 53.1 Å². The van der Waals surface area contributed by atoms with Crippen LogP contribution in [0.5, 0.6) is 0 Å². The van der Waals surface area contributed by atoms with Crippen LogP contribution in [0, 0.1) is 0 Å². The number of hydrogen-bond acceptors (Lipinski definition) is 3. The molecule has 0 aliphatic carbocycles. The normalized spacial score (nSPS) is 10.6. The standard InChI is InChI=1S/C18H15ClN2O3/c1-11(22)13-8-16(20-9-13)18(23)21-10-15-6-7-17(24-15)12-2-4-14(19)5-3-12/h2-9,20H,10H2,1H3,(H,21,23). The maximum absolute atomic E-state index is 12.1. The Bertz CT molecular complexity index is 878. The number of aromatic nitrogens is 1. The zero-order chi connectivity index (χ0) is 17.1. The zero-order valence-electron chi connectivity index (χ0n) is 12.9. The second kappa shape index (κ2) is 6.76. The van der Waals surface area contributed by atoms with Crippen molar-refractivity contribution in [2.24, 2.45) is 0 Å². The first kappa shape index (κ1) is 16.1. The molecule has 0 saturated heterocycles. The number of benzene rings is 1. The first-order chi connectivity index (χ1) is 11.5. The number of carbonyl (C=O) groups excluding carboxylic acids is 2. The Morgan fingerprint density at radius 1 is 1.17 bits per heavy atom. The van der Waals surface area contributed by atoms with Gasteiger partial charge in [-0.3, -0.25) is 9.59 Å². The molecule has 2 aromatic heterocycles. The van der Waals surface area contributed by atoms with Crippen LogP contribution in [0.25, 0.3) is 11.3 Å². The lowest BCUT2D eigenvalue weighted by molar-refractivity contribution is 0.0943. The number of rotatable bonds is 5. The SMILES string of the molecule is CC(=O)c1c[nH]c(C(=O)NCc2ccc(-c3ccc(Cl)cc3)o2)c1. The molecule has 0 saturated carbocycles. The van der Waals surface area contributed by atoms with Gasteiger partial charge in [-0.2, -0.15) is 0 Å². The second-order valence-corrected chi connectivity index (χ2v) is 5.75. The molecule has 0 atom stereocenters. The van der Waals surface area contributed by atoms with E-state index in [1.807, 2.05) is 18.2 Å². The zero-order valence-corrected chi connectivity index (χ0v) is 13.7. The molecule has 1 aromatic carbocycles. The molecule has 3 rings (SSSR count). The second-order valence-electron chi connectivity index (χ2n) is 5.31. The lowest BCUT2D eigenvalue weighted by Crippen LogP contribution is -2.22. The number of aromatic amines is 1. The highest BCUT2D eigenvalue weighted by Crippen LogP contribution is 2.23. The molecule has 2 heterocycles. The number of Topliss-reactive ketones (excluding diaryl/α,β-unsaturated/α-hetero) is 1. The van der Waals surface area contributed by atoms with Crippen molar-refractivity contribution in [3.8, 4) is 11.3 Å². The summed E-state index contributed by atoms with van der Waals surface area (Å²) in [5, 5.41) is 3.41. The topological polar surface area (TPSA) is 75.1 Å². The van der Waals surface area contributed by atoms with Gasteiger partial charge in [-0.25, -0.2) is 0 Å². The number of furan rings is 1. The summed E-state index contributed by atoms with van der Waals surface area (Å²) < 4.78 is 5.72. The average molecular weight is 343 g/mol. The fourth-order valence-electron chi connectivity index (χ4n) is 2.23. The highest BCUT2D eigenvalue weighted by molar-refractivity contribution is 6.30. The maximum Gasteiger partial charge on any atom is 0.268 e. The van der Waals surface area contributed by atoms with Crippen molar-refractivity contribution in [2.75, 3.05) is 0 Å². The molecule has 122 valence electrons. The molecule has 0 radical (unpaired) electrons. The van der Waals surface area contributed by atoms with Crippen molar-refractivity contribution in [1.82, 2.24) is 10.3 Å². The Kier molecular flexibility index (Phi) is 4.53. The number of halogens is 1. The predicted octanol–water partition coefficient (Wildman–Crippen LogP) is 4.06. The summed E-state index contributed by atoms with van der Waals surface area (Å²) in [6.45, 7) is 1.70. The molecule has 3 aromatic rings. The molecule has 0 unspecified atom stereocenters. The van der Waals surface area contributed by atoms with Gasteiger partial charge in [0, 0.05) is 22.3 Å². The van der Waals surface area contributed by atoms with Gasteiger partial charge in [-0.15, -0.1) is 0 Å². The summed E-state index contributed by atoms with van der Waals surface area (Å²) >= 11 is 5.87. The average Bonchev–Trinajstić information content (AvgIpc) is 3.23. The third kappa shape index (κ3) is 3.58. The Morgan fingerprint density at radius 2 is 1.92 bits per heavy atom. The van der Waals surface area contributed by atoms with Crippen LogP contribution in [0.4, 0.5) is 0 Å². The van der Waals surface area contributed by atoms with Gasteiger partial charge >= 0.3 is 0 Å². The number of amides is 1. The number of carbonyl (C=O) groups is 2. The van der Waals surface area contributed by atoms with E-state index < -0.39 is 0 Å². The number of ketones is 1. The largest absolute Gasteiger partial charge is 0.459 e. The highest BCUT2D eigenvalue weighted by Gasteiger charge is 2.11. The minimum Gasteiger partial charge on any atom is -0.459 e.